The van der Waals surface area contributed by atoms with E-state index in [1.807, 2.05) is 24.5 Å². The molecule has 9 nitrogen and oxygen atoms in total. The van der Waals surface area contributed by atoms with Crippen LogP contribution >= 0.6 is 23.1 Å². The summed E-state index contributed by atoms with van der Waals surface area (Å²) in [4.78, 5) is 30.8. The molecule has 0 fully saturated rings. The number of anilines is 1. The Bertz CT molecular complexity index is 1120. The number of carbonyl (C=O) groups is 1. The van der Waals surface area contributed by atoms with E-state index in [2.05, 4.69) is 30.9 Å². The fourth-order valence-electron chi connectivity index (χ4n) is 2.25. The van der Waals surface area contributed by atoms with Crippen LogP contribution in [0, 0.1) is 0 Å². The number of fused-ring (bicyclic) bond motifs is 3. The topological polar surface area (TPSA) is 118 Å². The van der Waals surface area contributed by atoms with Crippen molar-refractivity contribution < 1.29 is 4.79 Å². The van der Waals surface area contributed by atoms with E-state index in [9.17, 15) is 9.59 Å². The number of tetrazole rings is 1. The number of nitrogens with one attached hydrogen (secondary N) is 2. The lowest BCUT2D eigenvalue weighted by molar-refractivity contribution is 0.102. The fourth-order valence-corrected chi connectivity index (χ4v) is 3.65. The van der Waals surface area contributed by atoms with Gasteiger partial charge in [0.15, 0.2) is 4.96 Å². The van der Waals surface area contributed by atoms with Gasteiger partial charge in [-0.1, -0.05) is 16.4 Å². The number of nitrogens with zero attached hydrogens (tertiary/aromatic N) is 5. The first-order valence-electron chi connectivity index (χ1n) is 6.71. The van der Waals surface area contributed by atoms with Crippen molar-refractivity contribution in [2.24, 2.45) is 0 Å². The first-order chi connectivity index (χ1) is 11.7. The zero-order valence-corrected chi connectivity index (χ0v) is 13.8. The summed E-state index contributed by atoms with van der Waals surface area (Å²) in [6, 6.07) is 5.84. The van der Waals surface area contributed by atoms with E-state index in [0.29, 0.717) is 4.96 Å². The Morgan fingerprint density at radius 1 is 1.42 bits per heavy atom. The van der Waals surface area contributed by atoms with Crippen LogP contribution in [-0.4, -0.2) is 42.2 Å². The van der Waals surface area contributed by atoms with Gasteiger partial charge in [0.1, 0.15) is 5.56 Å². The van der Waals surface area contributed by atoms with Gasteiger partial charge in [0.2, 0.25) is 5.95 Å². The summed E-state index contributed by atoms with van der Waals surface area (Å²) >= 11 is 2.97. The van der Waals surface area contributed by atoms with Crippen molar-refractivity contribution in [1.29, 1.82) is 0 Å². The summed E-state index contributed by atoms with van der Waals surface area (Å²) in [6.45, 7) is 0. The molecule has 0 aliphatic carbocycles. The Balaban J connectivity index is 1.88. The number of aromatic nitrogens is 6. The van der Waals surface area contributed by atoms with E-state index in [1.54, 1.807) is 11.8 Å². The quantitative estimate of drug-likeness (QED) is 0.531. The molecule has 1 aromatic carbocycles. The zero-order chi connectivity index (χ0) is 16.7. The lowest BCUT2D eigenvalue weighted by Gasteiger charge is -2.02. The van der Waals surface area contributed by atoms with Gasteiger partial charge in [-0.3, -0.25) is 19.3 Å². The second-order valence-electron chi connectivity index (χ2n) is 4.73. The maximum absolute atomic E-state index is 12.8. The number of benzene rings is 1. The standard InChI is InChI=1S/C13H9N7O2S2/c1-23-6-2-3-9-8(4-6)20-11(22)7(5-14-13(20)24-9)10(21)15-12-16-18-19-17-12/h2-5H,1H3,(H2,15,16,17,18,19,21). The highest BCUT2D eigenvalue weighted by Crippen LogP contribution is 2.27. The van der Waals surface area contributed by atoms with Crippen LogP contribution in [0.2, 0.25) is 0 Å². The van der Waals surface area contributed by atoms with Gasteiger partial charge in [0, 0.05) is 11.1 Å². The minimum atomic E-state index is -0.624. The highest BCUT2D eigenvalue weighted by atomic mass is 32.2. The third-order valence-electron chi connectivity index (χ3n) is 3.36. The zero-order valence-electron chi connectivity index (χ0n) is 12.2. The lowest BCUT2D eigenvalue weighted by atomic mass is 10.3. The number of thiazole rings is 1. The Labute approximate surface area is 142 Å². The van der Waals surface area contributed by atoms with Crippen LogP contribution < -0.4 is 10.9 Å². The van der Waals surface area contributed by atoms with Crippen LogP contribution in [0.5, 0.6) is 0 Å². The van der Waals surface area contributed by atoms with E-state index >= 15 is 0 Å². The molecule has 120 valence electrons. The smallest absolute Gasteiger partial charge is 0.271 e. The van der Waals surface area contributed by atoms with E-state index in [1.165, 1.54) is 21.9 Å². The SMILES string of the molecule is CSc1ccc2sc3ncc(C(=O)Nc4nnn[nH]4)c(=O)n3c2c1. The Kier molecular flexibility index (Phi) is 3.50. The largest absolute Gasteiger partial charge is 0.289 e. The number of hydrogen-bond acceptors (Lipinski definition) is 8. The maximum atomic E-state index is 12.8. The average Bonchev–Trinajstić information content (AvgIpc) is 3.21. The van der Waals surface area contributed by atoms with Crippen molar-refractivity contribution in [1.82, 2.24) is 30.0 Å². The number of aromatic amines is 1. The molecule has 2 N–H and O–H groups in total. The van der Waals surface area contributed by atoms with E-state index < -0.39 is 11.5 Å². The van der Waals surface area contributed by atoms with E-state index in [4.69, 9.17) is 0 Å². The first kappa shape index (κ1) is 14.8. The third kappa shape index (κ3) is 2.34. The number of amides is 1. The average molecular weight is 359 g/mol. The molecular formula is C13H9N7O2S2. The van der Waals surface area contributed by atoms with Gasteiger partial charge in [0.25, 0.3) is 11.5 Å². The molecule has 4 rings (SSSR count). The van der Waals surface area contributed by atoms with Crippen LogP contribution in [0.3, 0.4) is 0 Å². The van der Waals surface area contributed by atoms with Gasteiger partial charge < -0.3 is 0 Å². The molecule has 0 atom stereocenters. The van der Waals surface area contributed by atoms with Crippen molar-refractivity contribution in [3.05, 3.63) is 40.3 Å². The van der Waals surface area contributed by atoms with Crippen LogP contribution in [0.4, 0.5) is 5.95 Å². The summed E-state index contributed by atoms with van der Waals surface area (Å²) in [5, 5.41) is 15.1. The second kappa shape index (κ2) is 5.69. The Morgan fingerprint density at radius 3 is 3.04 bits per heavy atom. The minimum Gasteiger partial charge on any atom is -0.289 e. The van der Waals surface area contributed by atoms with Gasteiger partial charge in [-0.2, -0.15) is 0 Å². The van der Waals surface area contributed by atoms with Crippen LogP contribution in [0.15, 0.2) is 34.1 Å². The predicted molar refractivity (Wildman–Crippen MR) is 90.8 cm³/mol. The fraction of sp³-hybridized carbons (Fsp3) is 0.0769. The van der Waals surface area contributed by atoms with E-state index in [0.717, 1.165) is 15.1 Å². The molecule has 0 saturated carbocycles. The number of H-pyrrole nitrogens is 1. The minimum absolute atomic E-state index is 0.0596. The highest BCUT2D eigenvalue weighted by molar-refractivity contribution is 7.98. The molecule has 0 saturated heterocycles. The van der Waals surface area contributed by atoms with Crippen LogP contribution in [0.25, 0.3) is 15.2 Å². The molecule has 4 aromatic rings. The summed E-state index contributed by atoms with van der Waals surface area (Å²) in [5.41, 5.74) is 0.211. The molecular weight excluding hydrogens is 350 g/mol. The van der Waals surface area contributed by atoms with Crippen LogP contribution in [-0.2, 0) is 0 Å². The normalized spacial score (nSPS) is 11.2. The number of carbonyl (C=O) groups excluding carboxylic acids is 1. The van der Waals surface area contributed by atoms with Crippen molar-refractivity contribution in [2.45, 2.75) is 4.90 Å². The molecule has 11 heteroatoms. The van der Waals surface area contributed by atoms with Crippen molar-refractivity contribution in [3.63, 3.8) is 0 Å². The first-order valence-corrected chi connectivity index (χ1v) is 8.75. The molecule has 0 aliphatic heterocycles. The van der Waals surface area contributed by atoms with Gasteiger partial charge in [-0.25, -0.2) is 10.1 Å². The van der Waals surface area contributed by atoms with Gasteiger partial charge in [-0.15, -0.1) is 11.8 Å². The molecule has 1 amide bonds. The highest BCUT2D eigenvalue weighted by Gasteiger charge is 2.17. The summed E-state index contributed by atoms with van der Waals surface area (Å²) in [6.07, 6.45) is 3.22. The monoisotopic (exact) mass is 359 g/mol. The molecule has 0 unspecified atom stereocenters. The summed E-state index contributed by atoms with van der Waals surface area (Å²) in [7, 11) is 0. The third-order valence-corrected chi connectivity index (χ3v) is 5.12. The molecule has 0 bridgehead atoms. The van der Waals surface area contributed by atoms with Gasteiger partial charge in [0.05, 0.1) is 10.2 Å². The Morgan fingerprint density at radius 2 is 2.29 bits per heavy atom. The van der Waals surface area contributed by atoms with Crippen molar-refractivity contribution in [3.8, 4) is 0 Å². The van der Waals surface area contributed by atoms with Crippen molar-refractivity contribution in [2.75, 3.05) is 11.6 Å². The van der Waals surface area contributed by atoms with Crippen molar-refractivity contribution >= 4 is 50.1 Å². The number of hydrogen-bond donors (Lipinski definition) is 2. The van der Waals surface area contributed by atoms with Crippen LogP contribution in [0.1, 0.15) is 10.4 Å². The maximum Gasteiger partial charge on any atom is 0.271 e. The molecule has 0 spiro atoms. The summed E-state index contributed by atoms with van der Waals surface area (Å²) in [5.74, 6) is -0.565. The van der Waals surface area contributed by atoms with Gasteiger partial charge in [-0.05, 0) is 34.9 Å². The second-order valence-corrected chi connectivity index (χ2v) is 6.62. The molecule has 0 radical (unpaired) electrons. The predicted octanol–water partition coefficient (Wildman–Crippen LogP) is 1.40. The Hall–Kier alpha value is -2.79. The molecule has 24 heavy (non-hydrogen) atoms. The number of rotatable bonds is 3. The van der Waals surface area contributed by atoms with Gasteiger partial charge >= 0.3 is 0 Å². The number of thioether (sulfide) groups is 1. The molecule has 3 heterocycles. The van der Waals surface area contributed by atoms with E-state index in [-0.39, 0.29) is 11.5 Å². The lowest BCUT2D eigenvalue weighted by Crippen LogP contribution is -2.26. The molecule has 3 aromatic heterocycles. The summed E-state index contributed by atoms with van der Waals surface area (Å²) < 4.78 is 2.38. The molecule has 0 aliphatic rings.